The highest BCUT2D eigenvalue weighted by Gasteiger charge is 2.32. The lowest BCUT2D eigenvalue weighted by Gasteiger charge is -2.34. The average molecular weight is 427 g/mol. The number of hydrogen-bond acceptors (Lipinski definition) is 4. The maximum absolute atomic E-state index is 13.5. The Balaban J connectivity index is 1.54. The number of benzene rings is 2. The molecule has 6 heteroatoms. The van der Waals surface area contributed by atoms with Crippen LogP contribution in [0.15, 0.2) is 54.6 Å². The molecular weight excluding hydrogens is 400 g/mol. The fourth-order valence-corrected chi connectivity index (χ4v) is 4.34. The Bertz CT molecular complexity index is 918. The van der Waals surface area contributed by atoms with Crippen LogP contribution in [-0.4, -0.2) is 59.7 Å². The van der Waals surface area contributed by atoms with Crippen molar-refractivity contribution in [2.24, 2.45) is 0 Å². The first-order valence-electron chi connectivity index (χ1n) is 10.4. The van der Waals surface area contributed by atoms with Gasteiger partial charge in [0.1, 0.15) is 5.75 Å². The van der Waals surface area contributed by atoms with Gasteiger partial charge in [-0.25, -0.2) is 0 Å². The molecule has 2 aromatic rings. The quantitative estimate of drug-likeness (QED) is 0.790. The molecule has 2 aromatic carbocycles. The van der Waals surface area contributed by atoms with Crippen molar-refractivity contribution in [3.05, 3.63) is 70.8 Å². The monoisotopic (exact) mass is 426 g/mol. The highest BCUT2D eigenvalue weighted by atomic mass is 35.5. The molecule has 0 spiro atoms. The molecule has 1 fully saturated rings. The second kappa shape index (κ2) is 9.21. The van der Waals surface area contributed by atoms with Crippen LogP contribution in [0.4, 0.5) is 0 Å². The number of halogens is 1. The molecular formula is C24H27ClN2O3. The Kier molecular flexibility index (Phi) is 6.42. The number of aliphatic hydroxyl groups is 1. The van der Waals surface area contributed by atoms with Gasteiger partial charge in [0.25, 0.3) is 5.91 Å². The highest BCUT2D eigenvalue weighted by molar-refractivity contribution is 6.30. The van der Waals surface area contributed by atoms with Gasteiger partial charge in [0.05, 0.1) is 12.1 Å². The third-order valence-electron chi connectivity index (χ3n) is 5.84. The number of carbonyl (C=O) groups excluding carboxylic acids is 1. The number of aliphatic hydroxyl groups excluding tert-OH is 1. The Labute approximate surface area is 182 Å². The van der Waals surface area contributed by atoms with Crippen molar-refractivity contribution in [3.63, 3.8) is 0 Å². The van der Waals surface area contributed by atoms with Crippen LogP contribution < -0.4 is 4.74 Å². The SMILES string of the molecule is CN(C(=O)C1CC=Cc2cc(Cl)ccc2O1)C(CN1CCC(O)C1)c1ccccc1. The maximum Gasteiger partial charge on any atom is 0.264 e. The lowest BCUT2D eigenvalue weighted by atomic mass is 10.0. The van der Waals surface area contributed by atoms with Gasteiger partial charge in [-0.05, 0) is 30.2 Å². The second-order valence-electron chi connectivity index (χ2n) is 8.00. The van der Waals surface area contributed by atoms with Crippen LogP contribution in [0.25, 0.3) is 6.08 Å². The maximum atomic E-state index is 13.5. The minimum atomic E-state index is -0.593. The van der Waals surface area contributed by atoms with Crippen LogP contribution in [0, 0.1) is 0 Å². The molecule has 0 radical (unpaired) electrons. The van der Waals surface area contributed by atoms with Crippen molar-refractivity contribution >= 4 is 23.6 Å². The molecule has 3 atom stereocenters. The molecule has 4 rings (SSSR count). The summed E-state index contributed by atoms with van der Waals surface area (Å²) in [4.78, 5) is 17.5. The van der Waals surface area contributed by atoms with Crippen molar-refractivity contribution in [1.82, 2.24) is 9.80 Å². The van der Waals surface area contributed by atoms with Crippen molar-refractivity contribution in [2.45, 2.75) is 31.1 Å². The number of likely N-dealkylation sites (N-methyl/N-ethyl adjacent to an activating group) is 1. The van der Waals surface area contributed by atoms with Crippen molar-refractivity contribution in [1.29, 1.82) is 0 Å². The minimum absolute atomic E-state index is 0.0592. The number of hydrogen-bond donors (Lipinski definition) is 1. The smallest absolute Gasteiger partial charge is 0.264 e. The predicted molar refractivity (Wildman–Crippen MR) is 119 cm³/mol. The van der Waals surface area contributed by atoms with E-state index < -0.39 is 6.10 Å². The van der Waals surface area contributed by atoms with Crippen molar-refractivity contribution < 1.29 is 14.6 Å². The van der Waals surface area contributed by atoms with Crippen molar-refractivity contribution in [3.8, 4) is 5.75 Å². The molecule has 3 unspecified atom stereocenters. The number of likely N-dealkylation sites (tertiary alicyclic amines) is 1. The molecule has 158 valence electrons. The van der Waals surface area contributed by atoms with E-state index in [2.05, 4.69) is 4.90 Å². The van der Waals surface area contributed by atoms with E-state index in [-0.39, 0.29) is 18.1 Å². The van der Waals surface area contributed by atoms with E-state index in [1.54, 1.807) is 11.0 Å². The summed E-state index contributed by atoms with van der Waals surface area (Å²) in [6.07, 6.45) is 4.31. The molecule has 0 bridgehead atoms. The second-order valence-corrected chi connectivity index (χ2v) is 8.44. The molecule has 0 aliphatic carbocycles. The summed E-state index contributed by atoms with van der Waals surface area (Å²) in [6, 6.07) is 15.4. The number of nitrogens with zero attached hydrogens (tertiary/aromatic N) is 2. The Hall–Kier alpha value is -2.34. The van der Waals surface area contributed by atoms with Gasteiger partial charge < -0.3 is 14.7 Å². The molecule has 30 heavy (non-hydrogen) atoms. The highest BCUT2D eigenvalue weighted by Crippen LogP contribution is 2.30. The molecule has 2 aliphatic rings. The standard InChI is InChI=1S/C24H27ClN2O3/c1-26(21(17-6-3-2-4-7-17)16-27-13-12-20(28)15-27)24(29)23-9-5-8-18-14-19(25)10-11-22(18)30-23/h2-8,10-11,14,20-21,23,28H,9,12-13,15-16H2,1H3. The largest absolute Gasteiger partial charge is 0.480 e. The van der Waals surface area contributed by atoms with Crippen LogP contribution in [0.5, 0.6) is 5.75 Å². The summed E-state index contributed by atoms with van der Waals surface area (Å²) in [5.74, 6) is 0.606. The number of carbonyl (C=O) groups is 1. The zero-order chi connectivity index (χ0) is 21.1. The van der Waals surface area contributed by atoms with Crippen LogP contribution in [-0.2, 0) is 4.79 Å². The van der Waals surface area contributed by atoms with E-state index in [0.717, 1.165) is 24.1 Å². The first kappa shape index (κ1) is 20.9. The summed E-state index contributed by atoms with van der Waals surface area (Å²) in [7, 11) is 1.84. The van der Waals surface area contributed by atoms with Crippen LogP contribution in [0.1, 0.15) is 30.0 Å². The normalized spacial score (nSPS) is 22.1. The zero-order valence-corrected chi connectivity index (χ0v) is 17.8. The van der Waals surface area contributed by atoms with Gasteiger partial charge in [0.15, 0.2) is 6.10 Å². The molecule has 0 saturated carbocycles. The summed E-state index contributed by atoms with van der Waals surface area (Å²) in [5.41, 5.74) is 1.96. The van der Waals surface area contributed by atoms with E-state index in [1.807, 2.05) is 61.7 Å². The van der Waals surface area contributed by atoms with Gasteiger partial charge in [0, 0.05) is 43.7 Å². The van der Waals surface area contributed by atoms with E-state index in [1.165, 1.54) is 0 Å². The Morgan fingerprint density at radius 3 is 2.83 bits per heavy atom. The number of rotatable bonds is 5. The van der Waals surface area contributed by atoms with Gasteiger partial charge in [-0.2, -0.15) is 0 Å². The fourth-order valence-electron chi connectivity index (χ4n) is 4.16. The fraction of sp³-hybridized carbons (Fsp3) is 0.375. The van der Waals surface area contributed by atoms with Gasteiger partial charge in [-0.1, -0.05) is 54.1 Å². The van der Waals surface area contributed by atoms with Gasteiger partial charge >= 0.3 is 0 Å². The summed E-state index contributed by atoms with van der Waals surface area (Å²) in [5, 5.41) is 10.6. The number of amides is 1. The molecule has 1 saturated heterocycles. The summed E-state index contributed by atoms with van der Waals surface area (Å²) < 4.78 is 6.10. The molecule has 2 heterocycles. The lowest BCUT2D eigenvalue weighted by molar-refractivity contribution is -0.139. The predicted octanol–water partition coefficient (Wildman–Crippen LogP) is 3.77. The molecule has 2 aliphatic heterocycles. The minimum Gasteiger partial charge on any atom is -0.480 e. The van der Waals surface area contributed by atoms with Gasteiger partial charge in [-0.15, -0.1) is 0 Å². The van der Waals surface area contributed by atoms with Crippen molar-refractivity contribution in [2.75, 3.05) is 26.7 Å². The van der Waals surface area contributed by atoms with Crippen LogP contribution in [0.3, 0.4) is 0 Å². The molecule has 1 amide bonds. The first-order chi connectivity index (χ1) is 14.5. The number of ether oxygens (including phenoxy) is 1. The van der Waals surface area contributed by atoms with Gasteiger partial charge in [0.2, 0.25) is 0 Å². The summed E-state index contributed by atoms with van der Waals surface area (Å²) in [6.45, 7) is 2.16. The molecule has 5 nitrogen and oxygen atoms in total. The summed E-state index contributed by atoms with van der Waals surface area (Å²) >= 11 is 6.09. The Morgan fingerprint density at radius 2 is 2.10 bits per heavy atom. The topological polar surface area (TPSA) is 53.0 Å². The van der Waals surface area contributed by atoms with E-state index >= 15 is 0 Å². The van der Waals surface area contributed by atoms with E-state index in [9.17, 15) is 9.90 Å². The van der Waals surface area contributed by atoms with Gasteiger partial charge in [-0.3, -0.25) is 9.69 Å². The average Bonchev–Trinajstić information content (AvgIpc) is 3.05. The number of fused-ring (bicyclic) bond motifs is 1. The zero-order valence-electron chi connectivity index (χ0n) is 17.1. The first-order valence-corrected chi connectivity index (χ1v) is 10.7. The molecule has 1 N–H and O–H groups in total. The van der Waals surface area contributed by atoms with Crippen LogP contribution in [0.2, 0.25) is 5.02 Å². The molecule has 0 aromatic heterocycles. The lowest BCUT2D eigenvalue weighted by Crippen LogP contribution is -2.44. The third kappa shape index (κ3) is 4.69. The Morgan fingerprint density at radius 1 is 1.30 bits per heavy atom. The van der Waals surface area contributed by atoms with E-state index in [4.69, 9.17) is 16.3 Å². The number of β-amino-alcohol motifs (C(OH)–C–C–N with tert-alkyl or cyclic N) is 1. The van der Waals surface area contributed by atoms with Crippen LogP contribution >= 0.6 is 11.6 Å². The van der Waals surface area contributed by atoms with E-state index in [0.29, 0.717) is 30.3 Å². The third-order valence-corrected chi connectivity index (χ3v) is 6.08.